The predicted molar refractivity (Wildman–Crippen MR) is 76.3 cm³/mol. The molecule has 0 heterocycles. The van der Waals surface area contributed by atoms with Crippen LogP contribution in [0.2, 0.25) is 0 Å². The molecule has 0 bridgehead atoms. The number of anilines is 1. The first-order chi connectivity index (χ1) is 9.23. The number of hydrogen-bond acceptors (Lipinski definition) is 4. The van der Waals surface area contributed by atoms with Gasteiger partial charge in [-0.15, -0.1) is 0 Å². The van der Waals surface area contributed by atoms with E-state index in [-0.39, 0.29) is 29.2 Å². The maximum Gasteiger partial charge on any atom is 0.337 e. The number of carbonyl (C=O) groups excluding carboxylic acids is 1. The minimum Gasteiger partial charge on any atom is -0.497 e. The molecule has 6 nitrogen and oxygen atoms in total. The minimum absolute atomic E-state index is 0.00606. The fourth-order valence-corrected chi connectivity index (χ4v) is 1.48. The molecule has 0 unspecified atom stereocenters. The van der Waals surface area contributed by atoms with Crippen LogP contribution in [0.15, 0.2) is 18.2 Å². The Labute approximate surface area is 118 Å². The Morgan fingerprint density at radius 1 is 1.30 bits per heavy atom. The van der Waals surface area contributed by atoms with Crippen molar-refractivity contribution in [2.75, 3.05) is 19.0 Å². The Balaban J connectivity index is 2.81. The maximum absolute atomic E-state index is 11.8. The first-order valence-electron chi connectivity index (χ1n) is 6.19. The van der Waals surface area contributed by atoms with Gasteiger partial charge < -0.3 is 20.5 Å². The predicted octanol–water partition coefficient (Wildman–Crippen LogP) is 1.72. The van der Waals surface area contributed by atoms with E-state index in [1.165, 1.54) is 19.2 Å². The third-order valence-electron chi connectivity index (χ3n) is 2.51. The third-order valence-corrected chi connectivity index (χ3v) is 2.51. The van der Waals surface area contributed by atoms with Crippen molar-refractivity contribution in [3.63, 3.8) is 0 Å². The fourth-order valence-electron chi connectivity index (χ4n) is 1.48. The van der Waals surface area contributed by atoms with E-state index in [1.54, 1.807) is 6.07 Å². The molecule has 20 heavy (non-hydrogen) atoms. The number of amides is 1. The smallest absolute Gasteiger partial charge is 0.337 e. The van der Waals surface area contributed by atoms with E-state index >= 15 is 0 Å². The average Bonchev–Trinajstić information content (AvgIpc) is 2.35. The molecule has 0 aliphatic heterocycles. The average molecular weight is 280 g/mol. The van der Waals surface area contributed by atoms with Crippen molar-refractivity contribution in [2.24, 2.45) is 0 Å². The summed E-state index contributed by atoms with van der Waals surface area (Å²) in [6.07, 6.45) is 0. The number of methoxy groups -OCH3 is 1. The van der Waals surface area contributed by atoms with Crippen LogP contribution in [0.3, 0.4) is 0 Å². The summed E-state index contributed by atoms with van der Waals surface area (Å²) in [5, 5.41) is 14.7. The van der Waals surface area contributed by atoms with E-state index in [9.17, 15) is 9.59 Å². The lowest BCUT2D eigenvalue weighted by molar-refractivity contribution is -0.115. The molecule has 0 radical (unpaired) electrons. The van der Waals surface area contributed by atoms with Gasteiger partial charge in [-0.25, -0.2) is 4.79 Å². The Hall–Kier alpha value is -2.08. The van der Waals surface area contributed by atoms with Crippen molar-refractivity contribution in [3.05, 3.63) is 23.8 Å². The molecule has 1 aromatic carbocycles. The van der Waals surface area contributed by atoms with Crippen LogP contribution in [0.1, 0.15) is 31.1 Å². The fraction of sp³-hybridized carbons (Fsp3) is 0.429. The zero-order chi connectivity index (χ0) is 15.3. The molecule has 1 aromatic rings. The summed E-state index contributed by atoms with van der Waals surface area (Å²) in [5.74, 6) is -0.996. The number of aromatic carboxylic acids is 1. The van der Waals surface area contributed by atoms with Gasteiger partial charge in [0.05, 0.1) is 24.9 Å². The summed E-state index contributed by atoms with van der Waals surface area (Å²) in [7, 11) is 1.45. The molecular formula is C14H20N2O4. The van der Waals surface area contributed by atoms with Crippen molar-refractivity contribution in [2.45, 2.75) is 26.3 Å². The van der Waals surface area contributed by atoms with Gasteiger partial charge in [0.1, 0.15) is 5.75 Å². The number of benzene rings is 1. The summed E-state index contributed by atoms with van der Waals surface area (Å²) < 4.78 is 4.97. The number of nitrogens with one attached hydrogen (secondary N) is 2. The van der Waals surface area contributed by atoms with Crippen molar-refractivity contribution in [1.82, 2.24) is 5.32 Å². The summed E-state index contributed by atoms with van der Waals surface area (Å²) in [6, 6.07) is 4.48. The third kappa shape index (κ3) is 4.89. The molecular weight excluding hydrogens is 260 g/mol. The number of carboxylic acids is 1. The van der Waals surface area contributed by atoms with E-state index in [0.717, 1.165) is 0 Å². The summed E-state index contributed by atoms with van der Waals surface area (Å²) in [6.45, 7) is 5.93. The number of rotatable bonds is 5. The first-order valence-corrected chi connectivity index (χ1v) is 6.19. The zero-order valence-electron chi connectivity index (χ0n) is 12.1. The molecule has 0 spiro atoms. The highest BCUT2D eigenvalue weighted by atomic mass is 16.5. The van der Waals surface area contributed by atoms with Crippen LogP contribution in [0.25, 0.3) is 0 Å². The van der Waals surface area contributed by atoms with E-state index in [1.807, 2.05) is 20.8 Å². The number of carboxylic acid groups (broad SMARTS) is 1. The maximum atomic E-state index is 11.8. The molecule has 6 heteroatoms. The van der Waals surface area contributed by atoms with Crippen LogP contribution in [-0.2, 0) is 4.79 Å². The molecule has 0 saturated heterocycles. The van der Waals surface area contributed by atoms with Gasteiger partial charge in [-0.05, 0) is 39.0 Å². The van der Waals surface area contributed by atoms with E-state index in [2.05, 4.69) is 10.6 Å². The zero-order valence-corrected chi connectivity index (χ0v) is 12.1. The number of hydrogen-bond donors (Lipinski definition) is 3. The van der Waals surface area contributed by atoms with Crippen LogP contribution in [0.5, 0.6) is 5.75 Å². The summed E-state index contributed by atoms with van der Waals surface area (Å²) in [5.41, 5.74) is 0.0554. The van der Waals surface area contributed by atoms with Crippen LogP contribution in [0.4, 0.5) is 5.69 Å². The minimum atomic E-state index is -1.12. The second-order valence-corrected chi connectivity index (χ2v) is 5.37. The van der Waals surface area contributed by atoms with Crippen molar-refractivity contribution < 1.29 is 19.4 Å². The Bertz CT molecular complexity index is 506. The summed E-state index contributed by atoms with van der Waals surface area (Å²) in [4.78, 5) is 23.0. The van der Waals surface area contributed by atoms with Crippen molar-refractivity contribution >= 4 is 17.6 Å². The highest BCUT2D eigenvalue weighted by molar-refractivity contribution is 6.01. The Morgan fingerprint density at radius 3 is 2.45 bits per heavy atom. The summed E-state index contributed by atoms with van der Waals surface area (Å²) >= 11 is 0. The lowest BCUT2D eigenvalue weighted by Crippen LogP contribution is -2.41. The number of carbonyl (C=O) groups is 2. The van der Waals surface area contributed by atoms with Gasteiger partial charge in [0.2, 0.25) is 5.91 Å². The van der Waals surface area contributed by atoms with Gasteiger partial charge in [0.25, 0.3) is 0 Å². The highest BCUT2D eigenvalue weighted by Gasteiger charge is 2.15. The standard InChI is InChI=1S/C14H20N2O4/c1-14(2,3)15-8-12(17)16-11-6-5-9(20-4)7-10(11)13(18)19/h5-7,15H,8H2,1-4H3,(H,16,17)(H,18,19). The Kier molecular flexibility index (Phi) is 5.10. The lowest BCUT2D eigenvalue weighted by Gasteiger charge is -2.20. The Morgan fingerprint density at radius 2 is 1.95 bits per heavy atom. The molecule has 110 valence electrons. The van der Waals surface area contributed by atoms with Gasteiger partial charge in [-0.1, -0.05) is 0 Å². The van der Waals surface area contributed by atoms with Crippen LogP contribution >= 0.6 is 0 Å². The molecule has 0 aliphatic rings. The van der Waals surface area contributed by atoms with Gasteiger partial charge in [-0.2, -0.15) is 0 Å². The van der Waals surface area contributed by atoms with E-state index in [0.29, 0.717) is 5.75 Å². The molecule has 0 aliphatic carbocycles. The van der Waals surface area contributed by atoms with Gasteiger partial charge in [-0.3, -0.25) is 4.79 Å². The van der Waals surface area contributed by atoms with Crippen LogP contribution in [0, 0.1) is 0 Å². The van der Waals surface area contributed by atoms with Gasteiger partial charge in [0, 0.05) is 5.54 Å². The normalized spacial score (nSPS) is 11.0. The molecule has 0 fully saturated rings. The number of ether oxygens (including phenoxy) is 1. The monoisotopic (exact) mass is 280 g/mol. The van der Waals surface area contributed by atoms with Gasteiger partial charge in [0.15, 0.2) is 0 Å². The van der Waals surface area contributed by atoms with Crippen LogP contribution < -0.4 is 15.4 Å². The van der Waals surface area contributed by atoms with Crippen molar-refractivity contribution in [1.29, 1.82) is 0 Å². The molecule has 3 N–H and O–H groups in total. The molecule has 1 rings (SSSR count). The molecule has 0 aromatic heterocycles. The topological polar surface area (TPSA) is 87.7 Å². The van der Waals surface area contributed by atoms with E-state index in [4.69, 9.17) is 9.84 Å². The first kappa shape index (κ1) is 16.0. The van der Waals surface area contributed by atoms with Gasteiger partial charge >= 0.3 is 5.97 Å². The second-order valence-electron chi connectivity index (χ2n) is 5.37. The molecule has 0 saturated carbocycles. The van der Waals surface area contributed by atoms with Crippen LogP contribution in [-0.4, -0.2) is 36.2 Å². The highest BCUT2D eigenvalue weighted by Crippen LogP contribution is 2.22. The quantitative estimate of drug-likeness (QED) is 0.764. The van der Waals surface area contributed by atoms with Crippen molar-refractivity contribution in [3.8, 4) is 5.75 Å². The largest absolute Gasteiger partial charge is 0.497 e. The van der Waals surface area contributed by atoms with E-state index < -0.39 is 5.97 Å². The SMILES string of the molecule is COc1ccc(NC(=O)CNC(C)(C)C)c(C(=O)O)c1. The molecule has 0 atom stereocenters. The molecule has 1 amide bonds. The second kappa shape index (κ2) is 6.38. The lowest BCUT2D eigenvalue weighted by atomic mass is 10.1.